The minimum Gasteiger partial charge on any atom is -0.391 e. The van der Waals surface area contributed by atoms with Gasteiger partial charge in [-0.1, -0.05) is 56.6 Å². The number of anilines is 1. The van der Waals surface area contributed by atoms with Crippen LogP contribution in [0.25, 0.3) is 21.6 Å². The van der Waals surface area contributed by atoms with Crippen LogP contribution in [0.15, 0.2) is 48.2 Å². The van der Waals surface area contributed by atoms with Crippen molar-refractivity contribution in [2.75, 3.05) is 12.3 Å². The fraction of sp³-hybridized carbons (Fsp3) is 0.406. The molecule has 1 saturated heterocycles. The van der Waals surface area contributed by atoms with Crippen LogP contribution < -0.4 is 16.4 Å². The zero-order chi connectivity index (χ0) is 34.0. The van der Waals surface area contributed by atoms with Crippen LogP contribution in [0, 0.1) is 12.3 Å². The molecule has 1 aromatic carbocycles. The fourth-order valence-electron chi connectivity index (χ4n) is 5.57. The number of likely N-dealkylation sites (tertiary alicyclic amines) is 1. The number of amides is 3. The molecule has 47 heavy (non-hydrogen) atoms. The summed E-state index contributed by atoms with van der Waals surface area (Å²) in [4.78, 5) is 47.5. The van der Waals surface area contributed by atoms with Crippen LogP contribution in [-0.4, -0.2) is 77.4 Å². The number of nitrogens with two attached hydrogens (primary N) is 1. The Bertz CT molecular complexity index is 1770. The van der Waals surface area contributed by atoms with E-state index >= 15 is 0 Å². The van der Waals surface area contributed by atoms with E-state index in [2.05, 4.69) is 30.9 Å². The van der Waals surface area contributed by atoms with Gasteiger partial charge in [-0.05, 0) is 36.5 Å². The first-order chi connectivity index (χ1) is 22.2. The summed E-state index contributed by atoms with van der Waals surface area (Å²) in [6.07, 6.45) is 2.35. The Balaban J connectivity index is 1.25. The molecule has 13 nitrogen and oxygen atoms in total. The van der Waals surface area contributed by atoms with Gasteiger partial charge >= 0.3 is 0 Å². The maximum atomic E-state index is 14.0. The summed E-state index contributed by atoms with van der Waals surface area (Å²) in [5, 5.41) is 28.3. The van der Waals surface area contributed by atoms with Gasteiger partial charge in [-0.15, -0.1) is 21.5 Å². The number of nitrogens with one attached hydrogen (secondary N) is 2. The number of hydrogen-bond acceptors (Lipinski definition) is 10. The van der Waals surface area contributed by atoms with Crippen molar-refractivity contribution in [3.63, 3.8) is 0 Å². The first-order valence-corrected chi connectivity index (χ1v) is 16.4. The van der Waals surface area contributed by atoms with E-state index in [0.717, 1.165) is 21.7 Å². The molecule has 0 bridgehead atoms. The molecule has 248 valence electrons. The van der Waals surface area contributed by atoms with E-state index in [1.807, 2.05) is 64.4 Å². The lowest BCUT2D eigenvalue weighted by Gasteiger charge is -2.35. The topological polar surface area (TPSA) is 181 Å². The van der Waals surface area contributed by atoms with E-state index in [1.54, 1.807) is 23.6 Å². The molecule has 3 amide bonds. The minimum atomic E-state index is -0.982. The normalized spacial score (nSPS) is 17.7. The second-order valence-electron chi connectivity index (χ2n) is 12.8. The summed E-state index contributed by atoms with van der Waals surface area (Å²) in [6, 6.07) is 7.23. The summed E-state index contributed by atoms with van der Waals surface area (Å²) < 4.78 is 1.41. The summed E-state index contributed by atoms with van der Waals surface area (Å²) >= 11 is 7.53. The lowest BCUT2D eigenvalue weighted by molar-refractivity contribution is -0.144. The highest BCUT2D eigenvalue weighted by Crippen LogP contribution is 2.30. The molecule has 15 heteroatoms. The van der Waals surface area contributed by atoms with Gasteiger partial charge < -0.3 is 26.4 Å². The van der Waals surface area contributed by atoms with Crippen LogP contribution in [0.3, 0.4) is 0 Å². The monoisotopic (exact) mass is 679 g/mol. The number of benzene rings is 1. The first kappa shape index (κ1) is 33.9. The largest absolute Gasteiger partial charge is 0.391 e. The number of nitrogen functional groups attached to an aromatic ring is 1. The Hall–Kier alpha value is -4.40. The molecule has 1 aliphatic heterocycles. The molecule has 3 aromatic heterocycles. The highest BCUT2D eigenvalue weighted by molar-refractivity contribution is 7.13. The van der Waals surface area contributed by atoms with Crippen LogP contribution in [0.1, 0.15) is 51.4 Å². The number of thiazole rings is 1. The average molecular weight is 680 g/mol. The molecule has 5 rings (SSSR count). The number of aliphatic hydroxyl groups is 1. The zero-order valence-electron chi connectivity index (χ0n) is 26.8. The van der Waals surface area contributed by atoms with Crippen molar-refractivity contribution in [3.05, 3.63) is 64.6 Å². The van der Waals surface area contributed by atoms with Gasteiger partial charge in [0.15, 0.2) is 11.0 Å². The molecule has 4 aromatic rings. The van der Waals surface area contributed by atoms with E-state index in [-0.39, 0.29) is 42.4 Å². The average Bonchev–Trinajstić information content (AvgIpc) is 3.76. The first-order valence-electron chi connectivity index (χ1n) is 15.1. The summed E-state index contributed by atoms with van der Waals surface area (Å²) in [6.45, 7) is 9.10. The zero-order valence-corrected chi connectivity index (χ0v) is 28.3. The number of carbonyl (C=O) groups excluding carboxylic acids is 3. The van der Waals surface area contributed by atoms with Gasteiger partial charge in [0.1, 0.15) is 18.6 Å². The molecular formula is C32H38ClN9O4S. The van der Waals surface area contributed by atoms with Crippen molar-refractivity contribution in [2.45, 2.75) is 71.8 Å². The third-order valence-corrected chi connectivity index (χ3v) is 9.27. The Morgan fingerprint density at radius 1 is 1.15 bits per heavy atom. The number of rotatable bonds is 9. The molecule has 4 atom stereocenters. The summed E-state index contributed by atoms with van der Waals surface area (Å²) in [7, 11) is 0. The Labute approximate surface area is 281 Å². The maximum Gasteiger partial charge on any atom is 0.246 e. The van der Waals surface area contributed by atoms with Gasteiger partial charge in [0.25, 0.3) is 0 Å². The minimum absolute atomic E-state index is 0.0247. The quantitative estimate of drug-likeness (QED) is 0.206. The number of aromatic nitrogens is 5. The molecule has 1 aliphatic rings. The Morgan fingerprint density at radius 3 is 2.53 bits per heavy atom. The van der Waals surface area contributed by atoms with Crippen molar-refractivity contribution in [2.24, 2.45) is 5.41 Å². The predicted molar refractivity (Wildman–Crippen MR) is 179 cm³/mol. The Kier molecular flexibility index (Phi) is 9.94. The molecule has 0 aliphatic carbocycles. The van der Waals surface area contributed by atoms with Crippen LogP contribution in [0.5, 0.6) is 0 Å². The second kappa shape index (κ2) is 13.8. The van der Waals surface area contributed by atoms with E-state index in [0.29, 0.717) is 11.1 Å². The molecular weight excluding hydrogens is 642 g/mol. The predicted octanol–water partition coefficient (Wildman–Crippen LogP) is 3.38. The number of β-amino-alcohol motifs (C(OH)–C–C–N with tert-alkyl or cyclic N) is 1. The van der Waals surface area contributed by atoms with E-state index in [9.17, 15) is 19.5 Å². The summed E-state index contributed by atoms with van der Waals surface area (Å²) in [5.74, 6) is -1.13. The highest BCUT2D eigenvalue weighted by Gasteiger charge is 2.44. The number of aliphatic hydroxyl groups excluding tert-OH is 1. The fourth-order valence-corrected chi connectivity index (χ4v) is 6.53. The molecule has 4 heterocycles. The lowest BCUT2D eigenvalue weighted by Crippen LogP contribution is -2.58. The third-order valence-electron chi connectivity index (χ3n) is 8.10. The third kappa shape index (κ3) is 7.77. The molecule has 0 spiro atoms. The van der Waals surface area contributed by atoms with Gasteiger partial charge in [0.2, 0.25) is 17.7 Å². The molecule has 0 saturated carbocycles. The van der Waals surface area contributed by atoms with Crippen molar-refractivity contribution < 1.29 is 19.5 Å². The highest BCUT2D eigenvalue weighted by atomic mass is 35.5. The lowest BCUT2D eigenvalue weighted by atomic mass is 9.85. The summed E-state index contributed by atoms with van der Waals surface area (Å²) in [5.41, 5.74) is 11.0. The van der Waals surface area contributed by atoms with Gasteiger partial charge in [-0.2, -0.15) is 5.10 Å². The number of hydrogen-bond donors (Lipinski definition) is 4. The smallest absolute Gasteiger partial charge is 0.246 e. The maximum absolute atomic E-state index is 14.0. The van der Waals surface area contributed by atoms with Gasteiger partial charge in [-0.3, -0.25) is 19.1 Å². The van der Waals surface area contributed by atoms with Crippen LogP contribution in [0.4, 0.5) is 5.82 Å². The molecule has 0 radical (unpaired) electrons. The molecule has 1 fully saturated rings. The van der Waals surface area contributed by atoms with Gasteiger partial charge in [0.05, 0.1) is 34.4 Å². The van der Waals surface area contributed by atoms with Crippen molar-refractivity contribution >= 4 is 46.5 Å². The van der Waals surface area contributed by atoms with Gasteiger partial charge in [-0.25, -0.2) is 4.98 Å². The van der Waals surface area contributed by atoms with Crippen LogP contribution in [-0.2, 0) is 20.9 Å². The van der Waals surface area contributed by atoms with Crippen LogP contribution >= 0.6 is 22.9 Å². The standard InChI is InChI=1S/C32H38ClN9O4S/c1-17(19-6-8-20(9-7-19)27-18(2)35-16-47-27)37-30(45)24-10-22(43)14-42(24)31(46)28(32(3,4)5)38-26(44)15-41-13-21(12-36-41)23-11-25(33)39-40-29(23)34/h6-9,11-13,16-17,22,24,28,43H,10,14-15H2,1-5H3,(H2,34,40)(H,37,45)(H,38,44)/t17-,22+,24-,28+/m0/s1. The SMILES string of the molecule is Cc1ncsc1-c1ccc([C@H](C)NC(=O)[C@@H]2C[C@@H](O)CN2C(=O)[C@@H](NC(=O)Cn2cc(-c3cc(Cl)nnc3N)cn2)C(C)(C)C)cc1. The van der Waals surface area contributed by atoms with Crippen molar-refractivity contribution in [1.82, 2.24) is 40.5 Å². The van der Waals surface area contributed by atoms with Crippen molar-refractivity contribution in [3.8, 4) is 21.6 Å². The number of nitrogens with zero attached hydrogens (tertiary/aromatic N) is 6. The van der Waals surface area contributed by atoms with Gasteiger partial charge in [0, 0.05) is 30.3 Å². The van der Waals surface area contributed by atoms with E-state index in [4.69, 9.17) is 17.3 Å². The van der Waals surface area contributed by atoms with E-state index < -0.39 is 35.4 Å². The van der Waals surface area contributed by atoms with E-state index in [1.165, 1.54) is 15.8 Å². The van der Waals surface area contributed by atoms with Crippen LogP contribution in [0.2, 0.25) is 5.15 Å². The second-order valence-corrected chi connectivity index (χ2v) is 14.0. The number of aryl methyl sites for hydroxylation is 1. The number of halogens is 1. The Morgan fingerprint density at radius 2 is 1.87 bits per heavy atom. The molecule has 0 unspecified atom stereocenters. The number of carbonyl (C=O) groups is 3. The molecule has 5 N–H and O–H groups in total. The van der Waals surface area contributed by atoms with Crippen molar-refractivity contribution in [1.29, 1.82) is 0 Å².